The van der Waals surface area contributed by atoms with E-state index < -0.39 is 24.9 Å². The monoisotopic (exact) mass is 306 g/mol. The molecule has 0 aliphatic rings. The number of nitrogens with one attached hydrogen (secondary N) is 1. The van der Waals surface area contributed by atoms with Crippen LogP contribution in [0.1, 0.15) is 5.56 Å². The topological polar surface area (TPSA) is 55.1 Å². The fourth-order valence-electron chi connectivity index (χ4n) is 1.15. The van der Waals surface area contributed by atoms with Gasteiger partial charge < -0.3 is 11.1 Å². The molecule has 0 radical (unpaired) electrons. The fraction of sp³-hybridized carbons (Fsp3) is 0.364. The summed E-state index contributed by atoms with van der Waals surface area (Å²) >= 11 is 3.26. The third-order valence-corrected chi connectivity index (χ3v) is 2.65. The number of amides is 1. The van der Waals surface area contributed by atoms with E-state index in [1.807, 2.05) is 0 Å². The first-order valence-electron chi connectivity index (χ1n) is 5.02. The first-order chi connectivity index (χ1) is 7.93. The Balaban J connectivity index is 2.42. The largest absolute Gasteiger partial charge is 0.350 e. The number of carbonyl (C=O) groups is 1. The Morgan fingerprint density at radius 3 is 2.47 bits per heavy atom. The molecule has 0 fully saturated rings. The molecule has 1 aromatic carbocycles. The molecule has 0 saturated heterocycles. The molecule has 0 aromatic heterocycles. The van der Waals surface area contributed by atoms with E-state index in [9.17, 15) is 13.6 Å². The maximum atomic E-state index is 12.8. The maximum Gasteiger partial charge on any atom is 0.277 e. The van der Waals surface area contributed by atoms with Crippen molar-refractivity contribution in [3.63, 3.8) is 0 Å². The lowest BCUT2D eigenvalue weighted by Crippen LogP contribution is -2.42. The van der Waals surface area contributed by atoms with Crippen LogP contribution in [0.5, 0.6) is 0 Å². The summed E-state index contributed by atoms with van der Waals surface area (Å²) in [6.07, 6.45) is 0.0773. The first kappa shape index (κ1) is 14.1. The molecule has 3 N–H and O–H groups in total. The van der Waals surface area contributed by atoms with Gasteiger partial charge in [0.05, 0.1) is 19.5 Å². The molecule has 6 heteroatoms. The van der Waals surface area contributed by atoms with Crippen LogP contribution in [-0.2, 0) is 11.2 Å². The minimum absolute atomic E-state index is 0.0773. The van der Waals surface area contributed by atoms with Crippen molar-refractivity contribution in [2.24, 2.45) is 5.73 Å². The van der Waals surface area contributed by atoms with Crippen LogP contribution < -0.4 is 11.1 Å². The summed E-state index contributed by atoms with van der Waals surface area (Å²) < 4.78 is 26.4. The van der Waals surface area contributed by atoms with Crippen molar-refractivity contribution >= 4 is 21.8 Å². The second kappa shape index (κ2) is 6.07. The molecule has 0 aliphatic carbocycles. The van der Waals surface area contributed by atoms with Gasteiger partial charge in [0.2, 0.25) is 5.91 Å². The predicted octanol–water partition coefficient (Wildman–Crippen LogP) is 1.70. The highest BCUT2D eigenvalue weighted by Crippen LogP contribution is 2.11. The van der Waals surface area contributed by atoms with Crippen molar-refractivity contribution in [3.05, 3.63) is 34.3 Å². The summed E-state index contributed by atoms with van der Waals surface area (Å²) in [4.78, 5) is 11.4. The molecule has 1 aromatic rings. The van der Waals surface area contributed by atoms with Crippen molar-refractivity contribution in [1.29, 1.82) is 0 Å². The zero-order valence-corrected chi connectivity index (χ0v) is 10.6. The minimum Gasteiger partial charge on any atom is -0.350 e. The smallest absolute Gasteiger partial charge is 0.277 e. The van der Waals surface area contributed by atoms with Crippen LogP contribution in [0.15, 0.2) is 28.7 Å². The number of benzene rings is 1. The van der Waals surface area contributed by atoms with E-state index in [1.165, 1.54) is 0 Å². The number of carbonyl (C=O) groups excluding carboxylic acids is 1. The van der Waals surface area contributed by atoms with Gasteiger partial charge >= 0.3 is 0 Å². The van der Waals surface area contributed by atoms with E-state index in [4.69, 9.17) is 5.73 Å². The fourth-order valence-corrected chi connectivity index (χ4v) is 1.41. The van der Waals surface area contributed by atoms with Gasteiger partial charge in [-0.15, -0.1) is 0 Å². The molecule has 0 aliphatic heterocycles. The maximum absolute atomic E-state index is 12.8. The Hall–Kier alpha value is -1.01. The summed E-state index contributed by atoms with van der Waals surface area (Å²) in [7, 11) is 0. The third-order valence-electron chi connectivity index (χ3n) is 2.12. The van der Waals surface area contributed by atoms with Crippen molar-refractivity contribution in [2.45, 2.75) is 12.3 Å². The first-order valence-corrected chi connectivity index (χ1v) is 5.81. The van der Waals surface area contributed by atoms with Gasteiger partial charge in [0.1, 0.15) is 0 Å². The summed E-state index contributed by atoms with van der Waals surface area (Å²) in [5.74, 6) is -3.49. The Labute approximate surface area is 107 Å². The highest BCUT2D eigenvalue weighted by Gasteiger charge is 2.26. The number of nitrogens with two attached hydrogens (primary N) is 1. The highest BCUT2D eigenvalue weighted by atomic mass is 79.9. The van der Waals surface area contributed by atoms with Gasteiger partial charge in [0.25, 0.3) is 5.92 Å². The van der Waals surface area contributed by atoms with Gasteiger partial charge in [-0.3, -0.25) is 4.79 Å². The van der Waals surface area contributed by atoms with Gasteiger partial charge in [-0.2, -0.15) is 0 Å². The SMILES string of the molecule is NCC(F)(F)CNC(=O)Cc1ccc(Br)cc1. The lowest BCUT2D eigenvalue weighted by Gasteiger charge is -2.14. The van der Waals surface area contributed by atoms with Crippen LogP contribution in [0.25, 0.3) is 0 Å². The van der Waals surface area contributed by atoms with E-state index in [1.54, 1.807) is 24.3 Å². The van der Waals surface area contributed by atoms with Crippen molar-refractivity contribution < 1.29 is 13.6 Å². The lowest BCUT2D eigenvalue weighted by molar-refractivity contribution is -0.122. The predicted molar refractivity (Wildman–Crippen MR) is 64.9 cm³/mol. The molecule has 1 rings (SSSR count). The molecule has 1 amide bonds. The molecular weight excluding hydrogens is 294 g/mol. The quantitative estimate of drug-likeness (QED) is 0.870. The van der Waals surface area contributed by atoms with Crippen LogP contribution >= 0.6 is 15.9 Å². The molecule has 0 saturated carbocycles. The number of hydrogen-bond donors (Lipinski definition) is 2. The molecule has 0 spiro atoms. The Morgan fingerprint density at radius 2 is 1.94 bits per heavy atom. The van der Waals surface area contributed by atoms with Crippen molar-refractivity contribution in [2.75, 3.05) is 13.1 Å². The van der Waals surface area contributed by atoms with E-state index in [-0.39, 0.29) is 6.42 Å². The molecule has 17 heavy (non-hydrogen) atoms. The van der Waals surface area contributed by atoms with Gasteiger partial charge in [0.15, 0.2) is 0 Å². The molecule has 0 bridgehead atoms. The van der Waals surface area contributed by atoms with Crippen LogP contribution in [0.3, 0.4) is 0 Å². The summed E-state index contributed by atoms with van der Waals surface area (Å²) in [5, 5.41) is 2.16. The number of hydrogen-bond acceptors (Lipinski definition) is 2. The van der Waals surface area contributed by atoms with E-state index in [0.29, 0.717) is 0 Å². The number of halogens is 3. The Bertz CT molecular complexity index is 382. The Morgan fingerprint density at radius 1 is 1.35 bits per heavy atom. The second-order valence-corrected chi connectivity index (χ2v) is 4.56. The van der Waals surface area contributed by atoms with Gasteiger partial charge in [-0.1, -0.05) is 28.1 Å². The molecular formula is C11H13BrF2N2O. The summed E-state index contributed by atoms with van der Waals surface area (Å²) in [6.45, 7) is -1.50. The molecule has 94 valence electrons. The zero-order chi connectivity index (χ0) is 12.9. The second-order valence-electron chi connectivity index (χ2n) is 3.64. The van der Waals surface area contributed by atoms with Crippen LogP contribution in [0, 0.1) is 0 Å². The van der Waals surface area contributed by atoms with Crippen LogP contribution in [0.4, 0.5) is 8.78 Å². The molecule has 3 nitrogen and oxygen atoms in total. The van der Waals surface area contributed by atoms with Crippen molar-refractivity contribution in [3.8, 4) is 0 Å². The molecule has 0 unspecified atom stereocenters. The minimum atomic E-state index is -3.05. The van der Waals surface area contributed by atoms with Crippen molar-refractivity contribution in [1.82, 2.24) is 5.32 Å². The third kappa shape index (κ3) is 5.23. The van der Waals surface area contributed by atoms with E-state index in [2.05, 4.69) is 21.2 Å². The van der Waals surface area contributed by atoms with E-state index in [0.717, 1.165) is 10.0 Å². The number of rotatable bonds is 5. The van der Waals surface area contributed by atoms with Gasteiger partial charge in [0, 0.05) is 4.47 Å². The molecule has 0 heterocycles. The van der Waals surface area contributed by atoms with Crippen LogP contribution in [0.2, 0.25) is 0 Å². The average molecular weight is 307 g/mol. The zero-order valence-electron chi connectivity index (χ0n) is 9.05. The number of alkyl halides is 2. The normalized spacial score (nSPS) is 11.3. The molecule has 0 atom stereocenters. The van der Waals surface area contributed by atoms with Gasteiger partial charge in [-0.05, 0) is 17.7 Å². The lowest BCUT2D eigenvalue weighted by atomic mass is 10.1. The van der Waals surface area contributed by atoms with E-state index >= 15 is 0 Å². The average Bonchev–Trinajstić information content (AvgIpc) is 2.30. The summed E-state index contributed by atoms with van der Waals surface area (Å²) in [5.41, 5.74) is 5.62. The summed E-state index contributed by atoms with van der Waals surface area (Å²) in [6, 6.07) is 7.09. The Kier molecular flexibility index (Phi) is 5.02. The van der Waals surface area contributed by atoms with Crippen LogP contribution in [-0.4, -0.2) is 24.9 Å². The standard InChI is InChI=1S/C11H13BrF2N2O/c12-9-3-1-8(2-4-9)5-10(17)16-7-11(13,14)6-15/h1-4H,5-7,15H2,(H,16,17). The van der Waals surface area contributed by atoms with Gasteiger partial charge in [-0.25, -0.2) is 8.78 Å². The highest BCUT2D eigenvalue weighted by molar-refractivity contribution is 9.10.